The molecule has 2 heterocycles. The standard InChI is InChI=1S/C17H18F3N3O3S/c18-17(19,20)26-15-3-1-2-4-16(15)27(24,25)23-11-9-22(10-12-23)13-14-5-7-21-8-6-14/h1-8H,9-13H2. The highest BCUT2D eigenvalue weighted by atomic mass is 32.2. The first kappa shape index (κ1) is 19.6. The molecule has 1 aromatic heterocycles. The molecule has 0 unspecified atom stereocenters. The van der Waals surface area contributed by atoms with Gasteiger partial charge in [0.2, 0.25) is 10.0 Å². The molecule has 0 amide bonds. The number of aromatic nitrogens is 1. The summed E-state index contributed by atoms with van der Waals surface area (Å²) >= 11 is 0. The van der Waals surface area contributed by atoms with Crippen LogP contribution in [0.4, 0.5) is 13.2 Å². The number of ether oxygens (including phenoxy) is 1. The maximum absolute atomic E-state index is 12.8. The Hall–Kier alpha value is -2.17. The van der Waals surface area contributed by atoms with Gasteiger partial charge in [0.15, 0.2) is 0 Å². The second-order valence-corrected chi connectivity index (χ2v) is 7.94. The minimum Gasteiger partial charge on any atom is -0.404 e. The Kier molecular flexibility index (Phi) is 5.68. The van der Waals surface area contributed by atoms with E-state index >= 15 is 0 Å². The molecule has 2 aromatic rings. The zero-order valence-electron chi connectivity index (χ0n) is 14.3. The third-order valence-electron chi connectivity index (χ3n) is 4.18. The van der Waals surface area contributed by atoms with E-state index in [0.29, 0.717) is 19.6 Å². The summed E-state index contributed by atoms with van der Waals surface area (Å²) in [6.45, 7) is 1.99. The van der Waals surface area contributed by atoms with Crippen LogP contribution in [-0.2, 0) is 16.6 Å². The fourth-order valence-electron chi connectivity index (χ4n) is 2.89. The number of hydrogen-bond donors (Lipinski definition) is 0. The highest BCUT2D eigenvalue weighted by Crippen LogP contribution is 2.31. The molecule has 1 aromatic carbocycles. The number of para-hydroxylation sites is 1. The lowest BCUT2D eigenvalue weighted by Gasteiger charge is -2.34. The molecule has 0 spiro atoms. The molecule has 0 aliphatic carbocycles. The van der Waals surface area contributed by atoms with Gasteiger partial charge in [-0.3, -0.25) is 9.88 Å². The van der Waals surface area contributed by atoms with E-state index in [2.05, 4.69) is 14.6 Å². The predicted molar refractivity (Wildman–Crippen MR) is 91.4 cm³/mol. The van der Waals surface area contributed by atoms with Gasteiger partial charge in [-0.05, 0) is 29.8 Å². The molecule has 1 saturated heterocycles. The second kappa shape index (κ2) is 7.83. The van der Waals surface area contributed by atoms with Gasteiger partial charge in [0, 0.05) is 45.1 Å². The quantitative estimate of drug-likeness (QED) is 0.770. The largest absolute Gasteiger partial charge is 0.573 e. The Bertz CT molecular complexity index is 868. The molecule has 0 radical (unpaired) electrons. The average Bonchev–Trinajstić information content (AvgIpc) is 2.62. The van der Waals surface area contributed by atoms with Gasteiger partial charge in [0.05, 0.1) is 0 Å². The fourth-order valence-corrected chi connectivity index (χ4v) is 4.42. The Labute approximate surface area is 155 Å². The summed E-state index contributed by atoms with van der Waals surface area (Å²) in [4.78, 5) is 5.55. The minimum absolute atomic E-state index is 0.188. The monoisotopic (exact) mass is 401 g/mol. The zero-order valence-corrected chi connectivity index (χ0v) is 15.1. The molecule has 0 bridgehead atoms. The number of nitrogens with zero attached hydrogens (tertiary/aromatic N) is 3. The van der Waals surface area contributed by atoms with Crippen molar-refractivity contribution in [3.05, 3.63) is 54.4 Å². The molecule has 1 fully saturated rings. The minimum atomic E-state index is -4.96. The molecule has 6 nitrogen and oxygen atoms in total. The van der Waals surface area contributed by atoms with Gasteiger partial charge >= 0.3 is 6.36 Å². The summed E-state index contributed by atoms with van der Waals surface area (Å²) in [6.07, 6.45) is -1.59. The van der Waals surface area contributed by atoms with Crippen molar-refractivity contribution in [3.8, 4) is 5.75 Å². The Morgan fingerprint density at radius 2 is 1.63 bits per heavy atom. The predicted octanol–water partition coefficient (Wildman–Crippen LogP) is 2.49. The maximum Gasteiger partial charge on any atom is 0.573 e. The van der Waals surface area contributed by atoms with Gasteiger partial charge in [-0.2, -0.15) is 4.31 Å². The van der Waals surface area contributed by atoms with E-state index in [0.717, 1.165) is 17.7 Å². The Morgan fingerprint density at radius 1 is 1.00 bits per heavy atom. The van der Waals surface area contributed by atoms with Crippen molar-refractivity contribution < 1.29 is 26.3 Å². The van der Waals surface area contributed by atoms with Crippen molar-refractivity contribution in [3.63, 3.8) is 0 Å². The molecule has 27 heavy (non-hydrogen) atoms. The summed E-state index contributed by atoms with van der Waals surface area (Å²) in [6, 6.07) is 8.56. The molecule has 1 aliphatic heterocycles. The van der Waals surface area contributed by atoms with Crippen LogP contribution in [-0.4, -0.2) is 55.1 Å². The van der Waals surface area contributed by atoms with Crippen LogP contribution in [0.3, 0.4) is 0 Å². The number of benzene rings is 1. The lowest BCUT2D eigenvalue weighted by Crippen LogP contribution is -2.48. The normalized spacial score (nSPS) is 17.0. The third kappa shape index (κ3) is 4.96. The first-order chi connectivity index (χ1) is 12.8. The molecule has 10 heteroatoms. The van der Waals surface area contributed by atoms with Crippen molar-refractivity contribution in [2.24, 2.45) is 0 Å². The van der Waals surface area contributed by atoms with Crippen molar-refractivity contribution in [2.75, 3.05) is 26.2 Å². The van der Waals surface area contributed by atoms with Crippen LogP contribution < -0.4 is 4.74 Å². The molecule has 1 aliphatic rings. The molecular formula is C17H18F3N3O3S. The number of rotatable bonds is 5. The summed E-state index contributed by atoms with van der Waals surface area (Å²) in [5, 5.41) is 0. The highest BCUT2D eigenvalue weighted by Gasteiger charge is 2.36. The van der Waals surface area contributed by atoms with Crippen molar-refractivity contribution in [2.45, 2.75) is 17.8 Å². The zero-order chi connectivity index (χ0) is 19.5. The van der Waals surface area contributed by atoms with Crippen molar-refractivity contribution in [1.29, 1.82) is 0 Å². The third-order valence-corrected chi connectivity index (χ3v) is 6.12. The van der Waals surface area contributed by atoms with Crippen molar-refractivity contribution >= 4 is 10.0 Å². The first-order valence-corrected chi connectivity index (χ1v) is 9.66. The molecule has 0 atom stereocenters. The van der Waals surface area contributed by atoms with E-state index < -0.39 is 27.0 Å². The lowest BCUT2D eigenvalue weighted by molar-refractivity contribution is -0.275. The Morgan fingerprint density at radius 3 is 2.26 bits per heavy atom. The van der Waals surface area contributed by atoms with Crippen LogP contribution in [0, 0.1) is 0 Å². The number of sulfonamides is 1. The topological polar surface area (TPSA) is 62.7 Å². The molecule has 146 valence electrons. The molecule has 0 N–H and O–H groups in total. The van der Waals surface area contributed by atoms with Crippen molar-refractivity contribution in [1.82, 2.24) is 14.2 Å². The lowest BCUT2D eigenvalue weighted by atomic mass is 10.2. The number of halogens is 3. The van der Waals surface area contributed by atoms with E-state index in [1.165, 1.54) is 16.4 Å². The number of pyridine rings is 1. The van der Waals surface area contributed by atoms with E-state index in [-0.39, 0.29) is 13.1 Å². The summed E-state index contributed by atoms with van der Waals surface area (Å²) in [5.41, 5.74) is 1.06. The molecule has 0 saturated carbocycles. The van der Waals surface area contributed by atoms with Crippen LogP contribution in [0.5, 0.6) is 5.75 Å². The van der Waals surface area contributed by atoms with Crippen LogP contribution in [0.2, 0.25) is 0 Å². The highest BCUT2D eigenvalue weighted by molar-refractivity contribution is 7.89. The van der Waals surface area contributed by atoms with E-state index in [9.17, 15) is 21.6 Å². The second-order valence-electron chi connectivity index (χ2n) is 6.03. The van der Waals surface area contributed by atoms with Crippen LogP contribution in [0.1, 0.15) is 5.56 Å². The Balaban J connectivity index is 1.70. The maximum atomic E-state index is 12.8. The van der Waals surface area contributed by atoms with Gasteiger partial charge in [-0.1, -0.05) is 12.1 Å². The molecular weight excluding hydrogens is 383 g/mol. The first-order valence-electron chi connectivity index (χ1n) is 8.22. The van der Waals surface area contributed by atoms with E-state index in [1.54, 1.807) is 12.4 Å². The van der Waals surface area contributed by atoms with Gasteiger partial charge in [-0.15, -0.1) is 13.2 Å². The van der Waals surface area contributed by atoms with Gasteiger partial charge in [0.25, 0.3) is 0 Å². The van der Waals surface area contributed by atoms with Gasteiger partial charge in [0.1, 0.15) is 10.6 Å². The SMILES string of the molecule is O=S(=O)(c1ccccc1OC(F)(F)F)N1CCN(Cc2ccncc2)CC1. The number of piperazine rings is 1. The smallest absolute Gasteiger partial charge is 0.404 e. The van der Waals surface area contributed by atoms with Gasteiger partial charge in [-0.25, -0.2) is 8.42 Å². The average molecular weight is 401 g/mol. The van der Waals surface area contributed by atoms with E-state index in [4.69, 9.17) is 0 Å². The van der Waals surface area contributed by atoms with Crippen LogP contribution >= 0.6 is 0 Å². The summed E-state index contributed by atoms with van der Waals surface area (Å²) < 4.78 is 68.4. The fraction of sp³-hybridized carbons (Fsp3) is 0.353. The summed E-state index contributed by atoms with van der Waals surface area (Å²) in [7, 11) is -4.09. The van der Waals surface area contributed by atoms with Crippen LogP contribution in [0.15, 0.2) is 53.7 Å². The van der Waals surface area contributed by atoms with E-state index in [1.807, 2.05) is 12.1 Å². The molecule has 3 rings (SSSR count). The van der Waals surface area contributed by atoms with Crippen LogP contribution in [0.25, 0.3) is 0 Å². The van der Waals surface area contributed by atoms with Gasteiger partial charge < -0.3 is 4.74 Å². The summed E-state index contributed by atoms with van der Waals surface area (Å²) in [5.74, 6) is -0.718. The number of hydrogen-bond acceptors (Lipinski definition) is 5. The number of alkyl halides is 3.